The third-order valence-electron chi connectivity index (χ3n) is 4.21. The molecule has 0 saturated heterocycles. The van der Waals surface area contributed by atoms with Gasteiger partial charge in [0, 0.05) is 10.0 Å². The Bertz CT molecular complexity index is 1020. The predicted octanol–water partition coefficient (Wildman–Crippen LogP) is 5.15. The molecule has 0 unspecified atom stereocenters. The molecule has 0 N–H and O–H groups in total. The molecule has 0 aliphatic rings. The van der Waals surface area contributed by atoms with Crippen LogP contribution in [0.3, 0.4) is 0 Å². The number of hydrogen-bond acceptors (Lipinski definition) is 4. The molecule has 0 aliphatic carbocycles. The molecule has 3 rings (SSSR count). The summed E-state index contributed by atoms with van der Waals surface area (Å²) in [4.78, 5) is 12.4. The van der Waals surface area contributed by atoms with Crippen LogP contribution >= 0.6 is 23.2 Å². The summed E-state index contributed by atoms with van der Waals surface area (Å²) in [6.07, 6.45) is 0. The van der Waals surface area contributed by atoms with Gasteiger partial charge < -0.3 is 4.74 Å². The van der Waals surface area contributed by atoms with Crippen molar-refractivity contribution in [2.75, 3.05) is 12.4 Å². The summed E-state index contributed by atoms with van der Waals surface area (Å²) in [5.41, 5.74) is 1.04. The molecule has 0 saturated carbocycles. The van der Waals surface area contributed by atoms with E-state index in [9.17, 15) is 13.2 Å². The first-order valence-electron chi connectivity index (χ1n) is 8.77. The van der Waals surface area contributed by atoms with Gasteiger partial charge in [0.25, 0.3) is 0 Å². The molecule has 0 fully saturated rings. The van der Waals surface area contributed by atoms with Crippen molar-refractivity contribution in [1.29, 1.82) is 0 Å². The normalized spacial score (nSPS) is 11.4. The Morgan fingerprint density at radius 3 is 1.76 bits per heavy atom. The van der Waals surface area contributed by atoms with E-state index in [0.717, 1.165) is 0 Å². The lowest BCUT2D eigenvalue weighted by Gasteiger charge is -2.19. The molecule has 7 heteroatoms. The predicted molar refractivity (Wildman–Crippen MR) is 115 cm³/mol. The van der Waals surface area contributed by atoms with E-state index in [1.165, 1.54) is 0 Å². The van der Waals surface area contributed by atoms with Crippen molar-refractivity contribution < 1.29 is 17.9 Å². The molecular weight excluding hydrogens is 431 g/mol. The topological polar surface area (TPSA) is 60.4 Å². The van der Waals surface area contributed by atoms with Crippen LogP contribution in [-0.4, -0.2) is 26.6 Å². The minimum absolute atomic E-state index is 0.322. The Kier molecular flexibility index (Phi) is 6.96. The van der Waals surface area contributed by atoms with E-state index in [2.05, 4.69) is 0 Å². The highest BCUT2D eigenvalue weighted by atomic mass is 35.5. The van der Waals surface area contributed by atoms with Crippen molar-refractivity contribution in [3.8, 4) is 5.75 Å². The molecule has 4 nitrogen and oxygen atoms in total. The van der Waals surface area contributed by atoms with E-state index in [-0.39, 0.29) is 6.61 Å². The molecular formula is C22H18Cl2O4S. The lowest BCUT2D eigenvalue weighted by Crippen LogP contribution is -2.26. The van der Waals surface area contributed by atoms with Gasteiger partial charge in [0.15, 0.2) is 15.6 Å². The fourth-order valence-electron chi connectivity index (χ4n) is 2.91. The second-order valence-electron chi connectivity index (χ2n) is 6.43. The van der Waals surface area contributed by atoms with Crippen LogP contribution in [0.2, 0.25) is 10.0 Å². The number of carbonyl (C=O) groups excluding carboxylic acids is 1. The van der Waals surface area contributed by atoms with Crippen molar-refractivity contribution in [2.45, 2.75) is 5.25 Å². The Balaban J connectivity index is 1.84. The van der Waals surface area contributed by atoms with E-state index in [1.807, 2.05) is 6.07 Å². The molecule has 0 amide bonds. The zero-order chi connectivity index (χ0) is 20.9. The Labute approximate surface area is 180 Å². The lowest BCUT2D eigenvalue weighted by atomic mass is 10.0. The highest BCUT2D eigenvalue weighted by molar-refractivity contribution is 7.92. The highest BCUT2D eigenvalue weighted by Crippen LogP contribution is 2.32. The summed E-state index contributed by atoms with van der Waals surface area (Å²) in [5, 5.41) is -0.0283. The molecule has 0 bridgehead atoms. The molecule has 0 aromatic heterocycles. The molecule has 3 aromatic carbocycles. The van der Waals surface area contributed by atoms with Gasteiger partial charge in [-0.1, -0.05) is 65.7 Å². The van der Waals surface area contributed by atoms with Crippen LogP contribution in [0.25, 0.3) is 0 Å². The van der Waals surface area contributed by atoms with Gasteiger partial charge in [0.05, 0.1) is 0 Å². The molecule has 29 heavy (non-hydrogen) atoms. The third kappa shape index (κ3) is 5.82. The van der Waals surface area contributed by atoms with E-state index >= 15 is 0 Å². The molecule has 150 valence electrons. The summed E-state index contributed by atoms with van der Waals surface area (Å²) in [6, 6.07) is 21.8. The lowest BCUT2D eigenvalue weighted by molar-refractivity contribution is -0.118. The number of sulfone groups is 1. The van der Waals surface area contributed by atoms with Crippen molar-refractivity contribution >= 4 is 38.8 Å². The number of ether oxygens (including phenoxy) is 1. The van der Waals surface area contributed by atoms with Gasteiger partial charge in [0.2, 0.25) is 0 Å². The average molecular weight is 449 g/mol. The largest absolute Gasteiger partial charge is 0.486 e. The van der Waals surface area contributed by atoms with Crippen LogP contribution in [0, 0.1) is 0 Å². The van der Waals surface area contributed by atoms with Gasteiger partial charge >= 0.3 is 0 Å². The van der Waals surface area contributed by atoms with Crippen molar-refractivity contribution in [1.82, 2.24) is 0 Å². The van der Waals surface area contributed by atoms with Crippen LogP contribution in [0.1, 0.15) is 16.4 Å². The number of carbonyl (C=O) groups is 1. The molecule has 0 spiro atoms. The molecule has 0 aliphatic heterocycles. The van der Waals surface area contributed by atoms with Crippen LogP contribution in [-0.2, 0) is 14.6 Å². The number of hydrogen-bond donors (Lipinski definition) is 0. The zero-order valence-corrected chi connectivity index (χ0v) is 17.6. The van der Waals surface area contributed by atoms with Crippen LogP contribution in [0.5, 0.6) is 5.75 Å². The Morgan fingerprint density at radius 1 is 0.793 bits per heavy atom. The highest BCUT2D eigenvalue weighted by Gasteiger charge is 2.31. The standard InChI is InChI=1S/C22H18Cl2O4S/c23-18-10-6-16(7-11-18)22(17-8-12-19(24)13-9-17)29(26,27)15-20(25)14-28-21-4-2-1-3-5-21/h1-13,22H,14-15H2. The number of ketones is 1. The SMILES string of the molecule is O=C(COc1ccccc1)CS(=O)(=O)C(c1ccc(Cl)cc1)c1ccc(Cl)cc1. The maximum atomic E-state index is 13.2. The van der Waals surface area contributed by atoms with Crippen LogP contribution < -0.4 is 4.74 Å². The third-order valence-corrected chi connectivity index (χ3v) is 6.70. The van der Waals surface area contributed by atoms with E-state index in [0.29, 0.717) is 26.9 Å². The smallest absolute Gasteiger partial charge is 0.185 e. The fourth-order valence-corrected chi connectivity index (χ4v) is 5.01. The number of Topliss-reactive ketones (excluding diaryl/α,β-unsaturated/α-hetero) is 1. The minimum Gasteiger partial charge on any atom is -0.486 e. The number of benzene rings is 3. The van der Waals surface area contributed by atoms with Crippen LogP contribution in [0.15, 0.2) is 78.9 Å². The van der Waals surface area contributed by atoms with Crippen LogP contribution in [0.4, 0.5) is 0 Å². The zero-order valence-electron chi connectivity index (χ0n) is 15.3. The van der Waals surface area contributed by atoms with Gasteiger partial charge in [-0.2, -0.15) is 0 Å². The van der Waals surface area contributed by atoms with Gasteiger partial charge in [-0.3, -0.25) is 4.79 Å². The van der Waals surface area contributed by atoms with Gasteiger partial charge in [-0.05, 0) is 47.5 Å². The summed E-state index contributed by atoms with van der Waals surface area (Å²) in [5.74, 6) is -0.664. The first-order valence-corrected chi connectivity index (χ1v) is 11.2. The minimum atomic E-state index is -3.87. The first-order chi connectivity index (χ1) is 13.8. The summed E-state index contributed by atoms with van der Waals surface area (Å²) >= 11 is 11.9. The second kappa shape index (κ2) is 9.44. The summed E-state index contributed by atoms with van der Waals surface area (Å²) in [6.45, 7) is -0.322. The number of halogens is 2. The maximum absolute atomic E-state index is 13.2. The van der Waals surface area contributed by atoms with Gasteiger partial charge in [-0.25, -0.2) is 8.42 Å². The monoisotopic (exact) mass is 448 g/mol. The number of para-hydroxylation sites is 1. The molecule has 0 atom stereocenters. The fraction of sp³-hybridized carbons (Fsp3) is 0.136. The number of rotatable bonds is 8. The van der Waals surface area contributed by atoms with Crippen molar-refractivity contribution in [2.24, 2.45) is 0 Å². The second-order valence-corrected chi connectivity index (χ2v) is 9.39. The van der Waals surface area contributed by atoms with E-state index in [1.54, 1.807) is 72.8 Å². The average Bonchev–Trinajstić information content (AvgIpc) is 2.70. The van der Waals surface area contributed by atoms with Gasteiger partial charge in [0.1, 0.15) is 23.4 Å². The van der Waals surface area contributed by atoms with E-state index in [4.69, 9.17) is 27.9 Å². The Morgan fingerprint density at radius 2 is 1.28 bits per heavy atom. The summed E-state index contributed by atoms with van der Waals surface area (Å²) in [7, 11) is -3.87. The molecule has 3 aromatic rings. The van der Waals surface area contributed by atoms with E-state index < -0.39 is 26.6 Å². The summed E-state index contributed by atoms with van der Waals surface area (Å²) < 4.78 is 31.7. The molecule has 0 radical (unpaired) electrons. The first kappa shape index (κ1) is 21.4. The molecule has 0 heterocycles. The Hall–Kier alpha value is -2.34. The van der Waals surface area contributed by atoms with Crippen molar-refractivity contribution in [3.63, 3.8) is 0 Å². The quantitative estimate of drug-likeness (QED) is 0.478. The van der Waals surface area contributed by atoms with Crippen molar-refractivity contribution in [3.05, 3.63) is 100 Å². The van der Waals surface area contributed by atoms with Gasteiger partial charge in [-0.15, -0.1) is 0 Å². The maximum Gasteiger partial charge on any atom is 0.185 e.